The number of carbonyl (C=O) groups is 1. The van der Waals surface area contributed by atoms with Gasteiger partial charge in [0, 0.05) is 0 Å². The lowest BCUT2D eigenvalue weighted by atomic mass is 9.93. The summed E-state index contributed by atoms with van der Waals surface area (Å²) in [7, 11) is 0. The van der Waals surface area contributed by atoms with Crippen LogP contribution in [0.25, 0.3) is 0 Å². The van der Waals surface area contributed by atoms with E-state index >= 15 is 0 Å². The van der Waals surface area contributed by atoms with Crippen molar-refractivity contribution < 1.29 is 4.79 Å². The lowest BCUT2D eigenvalue weighted by molar-refractivity contribution is -0.121. The molecule has 134 valence electrons. The molecule has 0 heterocycles. The molecule has 4 heteroatoms. The van der Waals surface area contributed by atoms with E-state index < -0.39 is 0 Å². The third-order valence-corrected chi connectivity index (χ3v) is 5.03. The highest BCUT2D eigenvalue weighted by molar-refractivity contribution is 6.42. The van der Waals surface area contributed by atoms with E-state index in [1.54, 1.807) is 12.1 Å². The normalized spacial score (nSPS) is 12.5. The molecule has 25 heavy (non-hydrogen) atoms. The first-order chi connectivity index (χ1) is 11.8. The van der Waals surface area contributed by atoms with Crippen molar-refractivity contribution in [2.24, 2.45) is 5.92 Å². The van der Waals surface area contributed by atoms with Gasteiger partial charge in [-0.15, -0.1) is 0 Å². The zero-order valence-corrected chi connectivity index (χ0v) is 16.7. The van der Waals surface area contributed by atoms with Crippen LogP contribution in [-0.2, 0) is 11.2 Å². The first-order valence-electron chi connectivity index (χ1n) is 8.61. The van der Waals surface area contributed by atoms with Gasteiger partial charge in [-0.25, -0.2) is 0 Å². The van der Waals surface area contributed by atoms with Crippen LogP contribution in [0.5, 0.6) is 0 Å². The average Bonchev–Trinajstić information content (AvgIpc) is 2.56. The van der Waals surface area contributed by atoms with Crippen molar-refractivity contribution in [3.05, 3.63) is 69.2 Å². The summed E-state index contributed by atoms with van der Waals surface area (Å²) in [4.78, 5) is 12.5. The average molecular weight is 378 g/mol. The molecule has 2 nitrogen and oxygen atoms in total. The summed E-state index contributed by atoms with van der Waals surface area (Å²) >= 11 is 12.0. The Kier molecular flexibility index (Phi) is 6.92. The Morgan fingerprint density at radius 2 is 1.52 bits per heavy atom. The highest BCUT2D eigenvalue weighted by Gasteiger charge is 2.19. The van der Waals surface area contributed by atoms with Gasteiger partial charge in [0.05, 0.1) is 22.5 Å². The summed E-state index contributed by atoms with van der Waals surface area (Å²) in [5.41, 5.74) is 3.28. The molecular weight excluding hydrogens is 353 g/mol. The van der Waals surface area contributed by atoms with Crippen molar-refractivity contribution in [3.8, 4) is 0 Å². The van der Waals surface area contributed by atoms with E-state index in [0.717, 1.165) is 11.1 Å². The Morgan fingerprint density at radius 3 is 2.04 bits per heavy atom. The Balaban J connectivity index is 2.09. The van der Waals surface area contributed by atoms with Crippen LogP contribution in [0.1, 0.15) is 56.3 Å². The van der Waals surface area contributed by atoms with Crippen LogP contribution >= 0.6 is 23.2 Å². The molecule has 1 atom stereocenters. The predicted octanol–water partition coefficient (Wildman–Crippen LogP) is 6.17. The molecule has 0 bridgehead atoms. The van der Waals surface area contributed by atoms with Crippen LogP contribution < -0.4 is 5.32 Å². The van der Waals surface area contributed by atoms with E-state index in [4.69, 9.17) is 23.2 Å². The van der Waals surface area contributed by atoms with E-state index in [1.165, 1.54) is 5.56 Å². The van der Waals surface area contributed by atoms with Crippen molar-refractivity contribution >= 4 is 29.1 Å². The zero-order valence-electron chi connectivity index (χ0n) is 15.1. The number of hydrogen-bond donors (Lipinski definition) is 1. The maximum Gasteiger partial charge on any atom is 0.224 e. The van der Waals surface area contributed by atoms with Crippen molar-refractivity contribution in [3.63, 3.8) is 0 Å². The number of hydrogen-bond acceptors (Lipinski definition) is 1. The number of benzene rings is 2. The second-order valence-corrected chi connectivity index (χ2v) is 7.85. The Hall–Kier alpha value is -1.51. The van der Waals surface area contributed by atoms with Crippen LogP contribution in [0.15, 0.2) is 42.5 Å². The summed E-state index contributed by atoms with van der Waals surface area (Å²) < 4.78 is 0. The second kappa shape index (κ2) is 8.73. The van der Waals surface area contributed by atoms with Gasteiger partial charge in [-0.2, -0.15) is 0 Å². The summed E-state index contributed by atoms with van der Waals surface area (Å²) in [5, 5.41) is 4.11. The number of carbonyl (C=O) groups excluding carboxylic acids is 1. The minimum atomic E-state index is -0.0231. The van der Waals surface area contributed by atoms with E-state index in [-0.39, 0.29) is 18.4 Å². The fourth-order valence-electron chi connectivity index (χ4n) is 2.78. The Bertz CT molecular complexity index is 723. The van der Waals surface area contributed by atoms with Gasteiger partial charge in [-0.1, -0.05) is 81.2 Å². The van der Waals surface area contributed by atoms with Gasteiger partial charge in [-0.3, -0.25) is 4.79 Å². The van der Waals surface area contributed by atoms with Crippen molar-refractivity contribution in [1.82, 2.24) is 5.32 Å². The number of rotatable bonds is 6. The fourth-order valence-corrected chi connectivity index (χ4v) is 3.10. The van der Waals surface area contributed by atoms with Crippen LogP contribution in [0.3, 0.4) is 0 Å². The molecule has 0 aromatic heterocycles. The van der Waals surface area contributed by atoms with Crippen molar-refractivity contribution in [1.29, 1.82) is 0 Å². The van der Waals surface area contributed by atoms with Crippen LogP contribution in [0.4, 0.5) is 0 Å². The third-order valence-electron chi connectivity index (χ3n) is 4.29. The smallest absolute Gasteiger partial charge is 0.224 e. The SMILES string of the molecule is CC(C)c1ccc([C@H](NC(=O)Cc2ccc(Cl)c(Cl)c2)C(C)C)cc1. The molecule has 0 aliphatic heterocycles. The van der Waals surface area contributed by atoms with Gasteiger partial charge in [-0.05, 0) is 40.7 Å². The quantitative estimate of drug-likeness (QED) is 0.640. The number of halogens is 2. The first kappa shape index (κ1) is 19.8. The van der Waals surface area contributed by atoms with Crippen molar-refractivity contribution in [2.45, 2.75) is 46.1 Å². The predicted molar refractivity (Wildman–Crippen MR) is 106 cm³/mol. The number of nitrogens with one attached hydrogen (secondary N) is 1. The topological polar surface area (TPSA) is 29.1 Å². The highest BCUT2D eigenvalue weighted by atomic mass is 35.5. The minimum Gasteiger partial charge on any atom is -0.349 e. The van der Waals surface area contributed by atoms with Crippen molar-refractivity contribution in [2.75, 3.05) is 0 Å². The molecule has 0 spiro atoms. The van der Waals surface area contributed by atoms with Gasteiger partial charge in [0.1, 0.15) is 0 Å². The standard InChI is InChI=1S/C21H25Cl2NO/c1-13(2)16-6-8-17(9-7-16)21(14(3)4)24-20(25)12-15-5-10-18(22)19(23)11-15/h5-11,13-14,21H,12H2,1-4H3,(H,24,25)/t21-/m1/s1. The summed E-state index contributed by atoms with van der Waals surface area (Å²) in [6.45, 7) is 8.57. The van der Waals surface area contributed by atoms with E-state index in [2.05, 4.69) is 57.3 Å². The first-order valence-corrected chi connectivity index (χ1v) is 9.36. The van der Waals surface area contributed by atoms with E-state index in [9.17, 15) is 4.79 Å². The van der Waals surface area contributed by atoms with E-state index in [0.29, 0.717) is 21.9 Å². The molecule has 0 saturated carbocycles. The second-order valence-electron chi connectivity index (χ2n) is 7.04. The molecule has 1 N–H and O–H groups in total. The maximum atomic E-state index is 12.5. The Morgan fingerprint density at radius 1 is 0.920 bits per heavy atom. The van der Waals surface area contributed by atoms with Gasteiger partial charge < -0.3 is 5.32 Å². The monoisotopic (exact) mass is 377 g/mol. The van der Waals surface area contributed by atoms with Gasteiger partial charge in [0.15, 0.2) is 0 Å². The molecule has 0 saturated heterocycles. The lowest BCUT2D eigenvalue weighted by Gasteiger charge is -2.23. The lowest BCUT2D eigenvalue weighted by Crippen LogP contribution is -2.32. The van der Waals surface area contributed by atoms with Crippen LogP contribution in [0.2, 0.25) is 10.0 Å². The van der Waals surface area contributed by atoms with E-state index in [1.807, 2.05) is 6.07 Å². The molecular formula is C21H25Cl2NO. The molecule has 0 aliphatic rings. The number of amides is 1. The molecule has 0 aliphatic carbocycles. The minimum absolute atomic E-state index is 0.0171. The van der Waals surface area contributed by atoms with Gasteiger partial charge in [0.2, 0.25) is 5.91 Å². The zero-order chi connectivity index (χ0) is 18.6. The van der Waals surface area contributed by atoms with Gasteiger partial charge in [0.25, 0.3) is 0 Å². The molecule has 2 aromatic rings. The van der Waals surface area contributed by atoms with Gasteiger partial charge >= 0.3 is 0 Å². The van der Waals surface area contributed by atoms with Crippen LogP contribution in [0, 0.1) is 5.92 Å². The summed E-state index contributed by atoms with van der Waals surface area (Å²) in [6, 6.07) is 13.8. The fraction of sp³-hybridized carbons (Fsp3) is 0.381. The molecule has 0 unspecified atom stereocenters. The summed E-state index contributed by atoms with van der Waals surface area (Å²) in [6.07, 6.45) is 0.282. The summed E-state index contributed by atoms with van der Waals surface area (Å²) in [5.74, 6) is 0.767. The van der Waals surface area contributed by atoms with Crippen LogP contribution in [-0.4, -0.2) is 5.91 Å². The third kappa shape index (κ3) is 5.49. The molecule has 2 rings (SSSR count). The molecule has 0 fully saturated rings. The Labute approximate surface area is 160 Å². The molecule has 0 radical (unpaired) electrons. The highest BCUT2D eigenvalue weighted by Crippen LogP contribution is 2.25. The molecule has 1 amide bonds. The largest absolute Gasteiger partial charge is 0.349 e. The molecule has 2 aromatic carbocycles. The maximum absolute atomic E-state index is 12.5.